The van der Waals surface area contributed by atoms with Gasteiger partial charge in [-0.2, -0.15) is 0 Å². The molecule has 0 fully saturated rings. The summed E-state index contributed by atoms with van der Waals surface area (Å²) in [5.41, 5.74) is 2.33. The summed E-state index contributed by atoms with van der Waals surface area (Å²) >= 11 is 0. The fraction of sp³-hybridized carbons (Fsp3) is 0.500. The minimum absolute atomic E-state index is 0.388. The SMILES string of the molecule is CCCNC(Cc1ccncc1)Cc1cn(C)nn1. The van der Waals surface area contributed by atoms with Gasteiger partial charge in [-0.1, -0.05) is 12.1 Å². The Morgan fingerprint density at radius 3 is 2.68 bits per heavy atom. The third-order valence-corrected chi connectivity index (χ3v) is 3.02. The van der Waals surface area contributed by atoms with E-state index in [1.807, 2.05) is 25.6 Å². The van der Waals surface area contributed by atoms with E-state index in [4.69, 9.17) is 0 Å². The number of nitrogens with zero attached hydrogens (tertiary/aromatic N) is 4. The van der Waals surface area contributed by atoms with Crippen LogP contribution in [0.5, 0.6) is 0 Å². The summed E-state index contributed by atoms with van der Waals surface area (Å²) in [5.74, 6) is 0. The molecule has 2 rings (SSSR count). The van der Waals surface area contributed by atoms with E-state index in [0.717, 1.165) is 31.5 Å². The average Bonchev–Trinajstić information content (AvgIpc) is 2.82. The fourth-order valence-corrected chi connectivity index (χ4v) is 2.11. The maximum atomic E-state index is 4.17. The zero-order valence-electron chi connectivity index (χ0n) is 11.6. The van der Waals surface area contributed by atoms with Crippen molar-refractivity contribution in [2.24, 2.45) is 7.05 Å². The lowest BCUT2D eigenvalue weighted by molar-refractivity contribution is 0.500. The maximum Gasteiger partial charge on any atom is 0.0842 e. The normalized spacial score (nSPS) is 12.5. The van der Waals surface area contributed by atoms with Gasteiger partial charge in [0.05, 0.1) is 5.69 Å². The quantitative estimate of drug-likeness (QED) is 0.816. The standard InChI is InChI=1S/C14H21N5/c1-3-6-16-13(9-12-4-7-15-8-5-12)10-14-11-19(2)18-17-14/h4-5,7-8,11,13,16H,3,6,9-10H2,1-2H3. The van der Waals surface area contributed by atoms with E-state index in [2.05, 4.69) is 39.7 Å². The molecule has 5 heteroatoms. The van der Waals surface area contributed by atoms with Gasteiger partial charge >= 0.3 is 0 Å². The largest absolute Gasteiger partial charge is 0.313 e. The van der Waals surface area contributed by atoms with Gasteiger partial charge in [-0.25, -0.2) is 0 Å². The lowest BCUT2D eigenvalue weighted by atomic mass is 10.0. The van der Waals surface area contributed by atoms with Crippen molar-refractivity contribution in [3.8, 4) is 0 Å². The Hall–Kier alpha value is -1.75. The monoisotopic (exact) mass is 259 g/mol. The van der Waals surface area contributed by atoms with Crippen LogP contribution >= 0.6 is 0 Å². The predicted octanol–water partition coefficient (Wildman–Crippen LogP) is 1.36. The van der Waals surface area contributed by atoms with E-state index in [9.17, 15) is 0 Å². The number of rotatable bonds is 7. The van der Waals surface area contributed by atoms with Gasteiger partial charge in [0.25, 0.3) is 0 Å². The van der Waals surface area contributed by atoms with Crippen LogP contribution in [0.1, 0.15) is 24.6 Å². The highest BCUT2D eigenvalue weighted by Crippen LogP contribution is 2.06. The zero-order chi connectivity index (χ0) is 13.5. The molecule has 1 unspecified atom stereocenters. The highest BCUT2D eigenvalue weighted by Gasteiger charge is 2.12. The smallest absolute Gasteiger partial charge is 0.0842 e. The van der Waals surface area contributed by atoms with Crippen molar-refractivity contribution < 1.29 is 0 Å². The summed E-state index contributed by atoms with van der Waals surface area (Å²) in [6.45, 7) is 3.20. The van der Waals surface area contributed by atoms with Gasteiger partial charge in [-0.05, 0) is 37.1 Å². The third kappa shape index (κ3) is 4.44. The number of aromatic nitrogens is 4. The molecule has 2 heterocycles. The molecule has 0 aliphatic heterocycles. The summed E-state index contributed by atoms with van der Waals surface area (Å²) in [5, 5.41) is 11.7. The molecule has 2 aromatic rings. The molecule has 0 aliphatic carbocycles. The van der Waals surface area contributed by atoms with Crippen molar-refractivity contribution in [2.45, 2.75) is 32.2 Å². The van der Waals surface area contributed by atoms with Crippen molar-refractivity contribution in [1.82, 2.24) is 25.3 Å². The Morgan fingerprint density at radius 2 is 2.05 bits per heavy atom. The number of nitrogens with one attached hydrogen (secondary N) is 1. The molecule has 0 aliphatic rings. The topological polar surface area (TPSA) is 55.6 Å². The van der Waals surface area contributed by atoms with E-state index >= 15 is 0 Å². The summed E-state index contributed by atoms with van der Waals surface area (Å²) < 4.78 is 1.75. The highest BCUT2D eigenvalue weighted by atomic mass is 15.4. The van der Waals surface area contributed by atoms with Crippen LogP contribution in [0.15, 0.2) is 30.7 Å². The molecule has 0 aromatic carbocycles. The van der Waals surface area contributed by atoms with E-state index in [1.165, 1.54) is 5.56 Å². The molecule has 102 valence electrons. The minimum Gasteiger partial charge on any atom is -0.313 e. The molecule has 0 radical (unpaired) electrons. The lowest BCUT2D eigenvalue weighted by Gasteiger charge is -2.17. The molecule has 0 amide bonds. The Kier molecular flexibility index (Phi) is 5.03. The second-order valence-electron chi connectivity index (χ2n) is 4.80. The van der Waals surface area contributed by atoms with Gasteiger partial charge in [0.15, 0.2) is 0 Å². The molecular formula is C14H21N5. The van der Waals surface area contributed by atoms with Gasteiger partial charge in [0, 0.05) is 38.1 Å². The second kappa shape index (κ2) is 6.99. The van der Waals surface area contributed by atoms with E-state index in [-0.39, 0.29) is 0 Å². The van der Waals surface area contributed by atoms with Crippen LogP contribution in [-0.4, -0.2) is 32.6 Å². The van der Waals surface area contributed by atoms with E-state index in [0.29, 0.717) is 6.04 Å². The molecule has 0 saturated heterocycles. The minimum atomic E-state index is 0.388. The summed E-state index contributed by atoms with van der Waals surface area (Å²) in [4.78, 5) is 4.06. The molecule has 0 saturated carbocycles. The molecule has 1 atom stereocenters. The first-order chi connectivity index (χ1) is 9.28. The fourth-order valence-electron chi connectivity index (χ4n) is 2.11. The molecule has 19 heavy (non-hydrogen) atoms. The van der Waals surface area contributed by atoms with Crippen molar-refractivity contribution in [3.05, 3.63) is 42.0 Å². The van der Waals surface area contributed by atoms with E-state index < -0.39 is 0 Å². The number of pyridine rings is 1. The van der Waals surface area contributed by atoms with Crippen molar-refractivity contribution in [2.75, 3.05) is 6.54 Å². The average molecular weight is 259 g/mol. The first-order valence-corrected chi connectivity index (χ1v) is 6.75. The lowest BCUT2D eigenvalue weighted by Crippen LogP contribution is -2.34. The third-order valence-electron chi connectivity index (χ3n) is 3.02. The number of hydrogen-bond acceptors (Lipinski definition) is 4. The summed E-state index contributed by atoms with van der Waals surface area (Å²) in [7, 11) is 1.90. The van der Waals surface area contributed by atoms with Crippen molar-refractivity contribution >= 4 is 0 Å². The molecule has 2 aromatic heterocycles. The summed E-state index contributed by atoms with van der Waals surface area (Å²) in [6, 6.07) is 4.52. The first kappa shape index (κ1) is 13.7. The molecule has 5 nitrogen and oxygen atoms in total. The zero-order valence-corrected chi connectivity index (χ0v) is 11.6. The van der Waals surface area contributed by atoms with Crippen LogP contribution in [0.4, 0.5) is 0 Å². The van der Waals surface area contributed by atoms with E-state index in [1.54, 1.807) is 4.68 Å². The molecule has 0 bridgehead atoms. The highest BCUT2D eigenvalue weighted by molar-refractivity contribution is 5.12. The van der Waals surface area contributed by atoms with Crippen LogP contribution in [0, 0.1) is 0 Å². The Bertz CT molecular complexity index is 480. The van der Waals surface area contributed by atoms with Gasteiger partial charge in [0.2, 0.25) is 0 Å². The Balaban J connectivity index is 1.99. The van der Waals surface area contributed by atoms with Crippen LogP contribution in [-0.2, 0) is 19.9 Å². The van der Waals surface area contributed by atoms with Crippen molar-refractivity contribution in [1.29, 1.82) is 0 Å². The van der Waals surface area contributed by atoms with Crippen LogP contribution < -0.4 is 5.32 Å². The number of hydrogen-bond donors (Lipinski definition) is 1. The van der Waals surface area contributed by atoms with Crippen molar-refractivity contribution in [3.63, 3.8) is 0 Å². The maximum absolute atomic E-state index is 4.17. The van der Waals surface area contributed by atoms with Crippen LogP contribution in [0.3, 0.4) is 0 Å². The van der Waals surface area contributed by atoms with Crippen LogP contribution in [0.2, 0.25) is 0 Å². The Labute approximate surface area is 114 Å². The van der Waals surface area contributed by atoms with Gasteiger partial charge in [-0.3, -0.25) is 9.67 Å². The second-order valence-corrected chi connectivity index (χ2v) is 4.80. The number of aryl methyl sites for hydroxylation is 1. The van der Waals surface area contributed by atoms with Gasteiger partial charge in [0.1, 0.15) is 0 Å². The van der Waals surface area contributed by atoms with Gasteiger partial charge in [-0.15, -0.1) is 5.10 Å². The van der Waals surface area contributed by atoms with Crippen LogP contribution in [0.25, 0.3) is 0 Å². The Morgan fingerprint density at radius 1 is 1.26 bits per heavy atom. The predicted molar refractivity (Wildman–Crippen MR) is 74.7 cm³/mol. The molecule has 0 spiro atoms. The molecular weight excluding hydrogens is 238 g/mol. The molecule has 1 N–H and O–H groups in total. The summed E-state index contributed by atoms with van der Waals surface area (Å²) in [6.07, 6.45) is 8.68. The van der Waals surface area contributed by atoms with Gasteiger partial charge < -0.3 is 5.32 Å². The first-order valence-electron chi connectivity index (χ1n) is 6.75.